The zero-order valence-electron chi connectivity index (χ0n) is 20.3. The molecule has 0 amide bonds. The van der Waals surface area contributed by atoms with Gasteiger partial charge in [-0.25, -0.2) is 4.79 Å². The lowest BCUT2D eigenvalue weighted by Crippen LogP contribution is -2.35. The lowest BCUT2D eigenvalue weighted by Gasteiger charge is -2.31. The van der Waals surface area contributed by atoms with Crippen molar-refractivity contribution in [2.75, 3.05) is 46.6 Å². The van der Waals surface area contributed by atoms with E-state index >= 15 is 0 Å². The van der Waals surface area contributed by atoms with Gasteiger partial charge in [0.2, 0.25) is 0 Å². The maximum atomic E-state index is 11.5. The van der Waals surface area contributed by atoms with Gasteiger partial charge in [-0.05, 0) is 74.7 Å². The van der Waals surface area contributed by atoms with Crippen LogP contribution in [0.2, 0.25) is 5.02 Å². The Bertz CT molecular complexity index is 1150. The molecule has 0 saturated carbocycles. The first kappa shape index (κ1) is 25.4. The number of benzene rings is 2. The quantitative estimate of drug-likeness (QED) is 0.360. The second kappa shape index (κ2) is 11.8. The van der Waals surface area contributed by atoms with Crippen LogP contribution in [0, 0.1) is 0 Å². The summed E-state index contributed by atoms with van der Waals surface area (Å²) in [5, 5.41) is 11.4. The van der Waals surface area contributed by atoms with Gasteiger partial charge in [0.25, 0.3) is 0 Å². The fourth-order valence-electron chi connectivity index (χ4n) is 4.79. The molecule has 0 spiro atoms. The Balaban J connectivity index is 1.36. The van der Waals surface area contributed by atoms with Crippen LogP contribution in [-0.4, -0.2) is 67.1 Å². The molecule has 1 fully saturated rings. The molecule has 1 aromatic heterocycles. The monoisotopic (exact) mass is 500 g/mol. The van der Waals surface area contributed by atoms with E-state index in [0.717, 1.165) is 50.7 Å². The van der Waals surface area contributed by atoms with Crippen LogP contribution in [0.5, 0.6) is 11.5 Å². The van der Waals surface area contributed by atoms with Gasteiger partial charge in [0.15, 0.2) is 0 Å². The molecule has 188 valence electrons. The molecule has 1 N–H and O–H groups in total. The van der Waals surface area contributed by atoms with Crippen LogP contribution in [0.15, 0.2) is 42.6 Å². The fraction of sp³-hybridized carbons (Fsp3) is 0.444. The predicted octanol–water partition coefficient (Wildman–Crippen LogP) is 5.30. The number of carboxylic acids is 1. The molecule has 1 saturated heterocycles. The summed E-state index contributed by atoms with van der Waals surface area (Å²) in [7, 11) is 1.55. The number of hydrogen-bond acceptors (Lipinski definition) is 5. The highest BCUT2D eigenvalue weighted by Gasteiger charge is 2.24. The van der Waals surface area contributed by atoms with Gasteiger partial charge in [-0.15, -0.1) is 0 Å². The Morgan fingerprint density at radius 3 is 2.63 bits per heavy atom. The number of rotatable bonds is 11. The fourth-order valence-corrected chi connectivity index (χ4v) is 4.96. The molecule has 4 rings (SSSR count). The SMILES string of the molecule is CCOCCn1cc(C2CCN(CCOc3cc(OC)ccc3C(=O)O)CC2)c2cc(Cl)ccc21. The number of carboxylic acid groups (broad SMARTS) is 1. The molecule has 2 heterocycles. The van der Waals surface area contributed by atoms with Gasteiger partial charge in [-0.3, -0.25) is 4.90 Å². The van der Waals surface area contributed by atoms with E-state index in [9.17, 15) is 9.90 Å². The number of hydrogen-bond donors (Lipinski definition) is 1. The van der Waals surface area contributed by atoms with Gasteiger partial charge in [-0.2, -0.15) is 0 Å². The summed E-state index contributed by atoms with van der Waals surface area (Å²) in [6.07, 6.45) is 4.38. The number of nitrogens with zero attached hydrogens (tertiary/aromatic N) is 2. The summed E-state index contributed by atoms with van der Waals surface area (Å²) in [6.45, 7) is 7.33. The molecule has 0 radical (unpaired) electrons. The maximum absolute atomic E-state index is 11.5. The van der Waals surface area contributed by atoms with Gasteiger partial charge in [0.1, 0.15) is 23.7 Å². The average molecular weight is 501 g/mol. The molecule has 0 atom stereocenters. The molecular weight excluding hydrogens is 468 g/mol. The average Bonchev–Trinajstić information content (AvgIpc) is 3.22. The van der Waals surface area contributed by atoms with Gasteiger partial charge in [0.05, 0.1) is 13.7 Å². The molecule has 2 aromatic carbocycles. The largest absolute Gasteiger partial charge is 0.497 e. The van der Waals surface area contributed by atoms with Crippen molar-refractivity contribution in [1.29, 1.82) is 0 Å². The van der Waals surface area contributed by atoms with Crippen molar-refractivity contribution >= 4 is 28.5 Å². The third-order valence-electron chi connectivity index (χ3n) is 6.67. The van der Waals surface area contributed by atoms with Crippen LogP contribution in [-0.2, 0) is 11.3 Å². The molecule has 0 unspecified atom stereocenters. The van der Waals surface area contributed by atoms with Gasteiger partial charge in [0, 0.05) is 47.9 Å². The van der Waals surface area contributed by atoms with E-state index < -0.39 is 5.97 Å². The lowest BCUT2D eigenvalue weighted by atomic mass is 9.89. The number of fused-ring (bicyclic) bond motifs is 1. The van der Waals surface area contributed by atoms with Crippen LogP contribution < -0.4 is 9.47 Å². The third-order valence-corrected chi connectivity index (χ3v) is 6.90. The van der Waals surface area contributed by atoms with E-state index in [4.69, 9.17) is 25.8 Å². The predicted molar refractivity (Wildman–Crippen MR) is 137 cm³/mol. The van der Waals surface area contributed by atoms with Crippen molar-refractivity contribution in [3.63, 3.8) is 0 Å². The van der Waals surface area contributed by atoms with Crippen molar-refractivity contribution in [1.82, 2.24) is 9.47 Å². The summed E-state index contributed by atoms with van der Waals surface area (Å²) < 4.78 is 18.9. The molecule has 7 nitrogen and oxygen atoms in total. The normalized spacial score (nSPS) is 14.9. The van der Waals surface area contributed by atoms with E-state index in [1.807, 2.05) is 13.0 Å². The summed E-state index contributed by atoms with van der Waals surface area (Å²) in [5.41, 5.74) is 2.70. The Kier molecular flexibility index (Phi) is 8.55. The van der Waals surface area contributed by atoms with Crippen molar-refractivity contribution in [2.24, 2.45) is 0 Å². The molecule has 8 heteroatoms. The summed E-state index contributed by atoms with van der Waals surface area (Å²) in [6, 6.07) is 10.9. The molecule has 3 aromatic rings. The van der Waals surface area contributed by atoms with E-state index in [1.165, 1.54) is 22.5 Å². The first-order chi connectivity index (χ1) is 17.0. The molecule has 0 aliphatic carbocycles. The van der Waals surface area contributed by atoms with E-state index in [1.54, 1.807) is 19.2 Å². The highest BCUT2D eigenvalue weighted by Crippen LogP contribution is 2.35. The van der Waals surface area contributed by atoms with Crippen molar-refractivity contribution in [2.45, 2.75) is 32.2 Å². The van der Waals surface area contributed by atoms with E-state index in [-0.39, 0.29) is 5.56 Å². The van der Waals surface area contributed by atoms with Crippen molar-refractivity contribution in [3.05, 3.63) is 58.7 Å². The van der Waals surface area contributed by atoms with E-state index in [0.29, 0.717) is 30.6 Å². The van der Waals surface area contributed by atoms with Gasteiger partial charge in [-0.1, -0.05) is 11.6 Å². The summed E-state index contributed by atoms with van der Waals surface area (Å²) in [4.78, 5) is 13.9. The standard InChI is InChI=1S/C27H33ClN2O5/c1-3-34-14-13-30-18-24(23-16-20(28)4-7-25(23)30)19-8-10-29(11-9-19)12-15-35-26-17-21(33-2)5-6-22(26)27(31)32/h4-7,16-19H,3,8-15H2,1-2H3,(H,31,32). The summed E-state index contributed by atoms with van der Waals surface area (Å²) in [5.74, 6) is 0.372. The Morgan fingerprint density at radius 2 is 1.91 bits per heavy atom. The first-order valence-corrected chi connectivity index (χ1v) is 12.5. The van der Waals surface area contributed by atoms with Crippen LogP contribution in [0.25, 0.3) is 10.9 Å². The van der Waals surface area contributed by atoms with Crippen molar-refractivity contribution in [3.8, 4) is 11.5 Å². The van der Waals surface area contributed by atoms with E-state index in [2.05, 4.69) is 27.8 Å². The number of carbonyl (C=O) groups is 1. The maximum Gasteiger partial charge on any atom is 0.339 e. The number of aromatic nitrogens is 1. The second-order valence-corrected chi connectivity index (χ2v) is 9.20. The minimum atomic E-state index is -1.01. The minimum Gasteiger partial charge on any atom is -0.497 e. The minimum absolute atomic E-state index is 0.142. The number of likely N-dealkylation sites (tertiary alicyclic amines) is 1. The van der Waals surface area contributed by atoms with Gasteiger partial charge < -0.3 is 23.9 Å². The van der Waals surface area contributed by atoms with Crippen LogP contribution >= 0.6 is 11.6 Å². The lowest BCUT2D eigenvalue weighted by molar-refractivity contribution is 0.0691. The zero-order chi connectivity index (χ0) is 24.8. The number of halogens is 1. The number of piperidine rings is 1. The molecule has 1 aliphatic rings. The topological polar surface area (TPSA) is 73.2 Å². The second-order valence-electron chi connectivity index (χ2n) is 8.77. The van der Waals surface area contributed by atoms with Crippen LogP contribution in [0.3, 0.4) is 0 Å². The number of aromatic carboxylic acids is 1. The van der Waals surface area contributed by atoms with Gasteiger partial charge >= 0.3 is 5.97 Å². The highest BCUT2D eigenvalue weighted by molar-refractivity contribution is 6.31. The highest BCUT2D eigenvalue weighted by atomic mass is 35.5. The Hall–Kier alpha value is -2.74. The first-order valence-electron chi connectivity index (χ1n) is 12.1. The summed E-state index contributed by atoms with van der Waals surface area (Å²) >= 11 is 6.35. The third kappa shape index (κ3) is 6.10. The zero-order valence-corrected chi connectivity index (χ0v) is 21.1. The molecule has 35 heavy (non-hydrogen) atoms. The Morgan fingerprint density at radius 1 is 1.11 bits per heavy atom. The van der Waals surface area contributed by atoms with Crippen molar-refractivity contribution < 1.29 is 24.1 Å². The van der Waals surface area contributed by atoms with Crippen LogP contribution in [0.4, 0.5) is 0 Å². The smallest absolute Gasteiger partial charge is 0.339 e. The molecule has 1 aliphatic heterocycles. The molecule has 0 bridgehead atoms. The number of ether oxygens (including phenoxy) is 3. The van der Waals surface area contributed by atoms with Crippen LogP contribution in [0.1, 0.15) is 41.6 Å². The Labute approximate surface area is 211 Å². The number of methoxy groups -OCH3 is 1. The molecular formula is C27H33ClN2O5.